The van der Waals surface area contributed by atoms with E-state index in [1.807, 2.05) is 6.08 Å². The van der Waals surface area contributed by atoms with Gasteiger partial charge in [0.15, 0.2) is 6.29 Å². The number of carbonyl (C=O) groups excluding carboxylic acids is 1. The van der Waals surface area contributed by atoms with Gasteiger partial charge in [-0.15, -0.1) is 0 Å². The minimum Gasteiger partial charge on any atom is -0.457 e. The molecule has 1 aliphatic rings. The fourth-order valence-electron chi connectivity index (χ4n) is 5.27. The van der Waals surface area contributed by atoms with E-state index < -0.39 is 49.4 Å². The highest BCUT2D eigenvalue weighted by Gasteiger charge is 2.44. The number of aliphatic hydroxyl groups excluding tert-OH is 4. The van der Waals surface area contributed by atoms with Gasteiger partial charge in [0.2, 0.25) is 0 Å². The molecule has 1 aliphatic heterocycles. The molecule has 9 heteroatoms. The zero-order valence-corrected chi connectivity index (χ0v) is 30.4. The molecule has 1 heterocycles. The van der Waals surface area contributed by atoms with Crippen LogP contribution in [0.2, 0.25) is 0 Å². The second-order valence-corrected chi connectivity index (χ2v) is 12.7. The average Bonchev–Trinajstić information content (AvgIpc) is 3.10. The maximum Gasteiger partial charge on any atom is 0.310 e. The van der Waals surface area contributed by atoms with E-state index in [-0.39, 0.29) is 19.6 Å². The lowest BCUT2D eigenvalue weighted by Gasteiger charge is -2.39. The summed E-state index contributed by atoms with van der Waals surface area (Å²) in [6.07, 6.45) is 31.3. The first-order valence-electron chi connectivity index (χ1n) is 18.9. The van der Waals surface area contributed by atoms with E-state index in [0.717, 1.165) is 38.5 Å². The molecule has 0 amide bonds. The van der Waals surface area contributed by atoms with Crippen molar-refractivity contribution in [2.45, 2.75) is 160 Å². The smallest absolute Gasteiger partial charge is 0.310 e. The second kappa shape index (κ2) is 31.8. The molecule has 0 aromatic rings. The summed E-state index contributed by atoms with van der Waals surface area (Å²) in [5.41, 5.74) is 0. The summed E-state index contributed by atoms with van der Waals surface area (Å²) in [4.78, 5) is 12.6. The Bertz CT molecular complexity index is 927. The standard InChI is InChI=1S/C40H68O9/c1-3-5-7-9-11-13-15-16-17-18-19-21-23-25-27-29-36(42)48-34(33-47-40-39(45)38(44)37(43)35(31-41)49-40)32-46-30-28-26-24-22-20-14-12-10-8-6-4-2/h5,7,11,13,16-17,19,21,25,27,34-35,37-41,43-45H,3-4,6,8-10,12,14-15,18,20,22-24,26,28-33H2,1-2H3/b7-5-,13-11-,17-16-,21-19-,27-25-. The third-order valence-electron chi connectivity index (χ3n) is 8.23. The van der Waals surface area contributed by atoms with E-state index in [1.54, 1.807) is 6.08 Å². The van der Waals surface area contributed by atoms with Gasteiger partial charge >= 0.3 is 5.97 Å². The van der Waals surface area contributed by atoms with E-state index in [0.29, 0.717) is 13.0 Å². The van der Waals surface area contributed by atoms with Gasteiger partial charge in [-0.3, -0.25) is 4.79 Å². The molecule has 0 spiro atoms. The molecular formula is C40H68O9. The molecular weight excluding hydrogens is 624 g/mol. The maximum atomic E-state index is 12.6. The molecule has 1 rings (SSSR count). The van der Waals surface area contributed by atoms with Crippen LogP contribution in [0.15, 0.2) is 60.8 Å². The highest BCUT2D eigenvalue weighted by Crippen LogP contribution is 2.22. The molecule has 49 heavy (non-hydrogen) atoms. The summed E-state index contributed by atoms with van der Waals surface area (Å²) < 4.78 is 22.5. The fourth-order valence-corrected chi connectivity index (χ4v) is 5.27. The lowest BCUT2D eigenvalue weighted by molar-refractivity contribution is -0.305. The van der Waals surface area contributed by atoms with Crippen molar-refractivity contribution >= 4 is 5.97 Å². The molecule has 0 radical (unpaired) electrons. The van der Waals surface area contributed by atoms with Crippen molar-refractivity contribution in [3.05, 3.63) is 60.8 Å². The van der Waals surface area contributed by atoms with E-state index in [1.165, 1.54) is 57.8 Å². The monoisotopic (exact) mass is 692 g/mol. The Kier molecular flexibility index (Phi) is 29.2. The van der Waals surface area contributed by atoms with E-state index >= 15 is 0 Å². The summed E-state index contributed by atoms with van der Waals surface area (Å²) in [7, 11) is 0. The predicted molar refractivity (Wildman–Crippen MR) is 196 cm³/mol. The van der Waals surface area contributed by atoms with Crippen molar-refractivity contribution in [3.8, 4) is 0 Å². The minimum absolute atomic E-state index is 0.0860. The van der Waals surface area contributed by atoms with Crippen LogP contribution >= 0.6 is 0 Å². The van der Waals surface area contributed by atoms with Crippen LogP contribution in [0.3, 0.4) is 0 Å². The third kappa shape index (κ3) is 23.8. The van der Waals surface area contributed by atoms with Crippen molar-refractivity contribution in [2.24, 2.45) is 0 Å². The lowest BCUT2D eigenvalue weighted by Crippen LogP contribution is -2.59. The molecule has 0 aromatic carbocycles. The quantitative estimate of drug-likeness (QED) is 0.0351. The number of carbonyl (C=O) groups is 1. The molecule has 282 valence electrons. The highest BCUT2D eigenvalue weighted by molar-refractivity contribution is 5.71. The van der Waals surface area contributed by atoms with Crippen LogP contribution in [-0.4, -0.2) is 89.6 Å². The van der Waals surface area contributed by atoms with Gasteiger partial charge in [0, 0.05) is 6.61 Å². The number of unbranched alkanes of at least 4 members (excludes halogenated alkanes) is 10. The van der Waals surface area contributed by atoms with Crippen LogP contribution in [0.25, 0.3) is 0 Å². The van der Waals surface area contributed by atoms with Crippen LogP contribution in [0, 0.1) is 0 Å². The molecule has 1 saturated heterocycles. The molecule has 6 unspecified atom stereocenters. The normalized spacial score (nSPS) is 22.4. The number of allylic oxidation sites excluding steroid dienone is 9. The molecule has 4 N–H and O–H groups in total. The van der Waals surface area contributed by atoms with Crippen LogP contribution in [0.4, 0.5) is 0 Å². The van der Waals surface area contributed by atoms with Gasteiger partial charge in [0.1, 0.15) is 30.5 Å². The first-order valence-corrected chi connectivity index (χ1v) is 18.9. The van der Waals surface area contributed by atoms with Crippen LogP contribution < -0.4 is 0 Å². The van der Waals surface area contributed by atoms with Gasteiger partial charge in [0.25, 0.3) is 0 Å². The number of esters is 1. The molecule has 1 fully saturated rings. The van der Waals surface area contributed by atoms with E-state index in [4.69, 9.17) is 18.9 Å². The minimum atomic E-state index is -1.55. The first-order chi connectivity index (χ1) is 23.9. The van der Waals surface area contributed by atoms with E-state index in [9.17, 15) is 25.2 Å². The predicted octanol–water partition coefficient (Wildman–Crippen LogP) is 7.18. The summed E-state index contributed by atoms with van der Waals surface area (Å²) in [5.74, 6) is -0.443. The molecule has 6 atom stereocenters. The summed E-state index contributed by atoms with van der Waals surface area (Å²) in [6.45, 7) is 4.29. The zero-order valence-electron chi connectivity index (χ0n) is 30.4. The van der Waals surface area contributed by atoms with Crippen LogP contribution in [0.1, 0.15) is 123 Å². The maximum absolute atomic E-state index is 12.6. The van der Waals surface area contributed by atoms with Crippen molar-refractivity contribution in [2.75, 3.05) is 26.4 Å². The molecule has 9 nitrogen and oxygen atoms in total. The van der Waals surface area contributed by atoms with Gasteiger partial charge in [-0.05, 0) is 38.5 Å². The summed E-state index contributed by atoms with van der Waals surface area (Å²) >= 11 is 0. The Morgan fingerprint density at radius 2 is 1.16 bits per heavy atom. The molecule has 0 aliphatic carbocycles. The number of aliphatic hydroxyl groups is 4. The Morgan fingerprint density at radius 3 is 1.69 bits per heavy atom. The van der Waals surface area contributed by atoms with Crippen molar-refractivity contribution < 1.29 is 44.2 Å². The molecule has 0 aromatic heterocycles. The zero-order chi connectivity index (χ0) is 35.8. The van der Waals surface area contributed by atoms with Crippen LogP contribution in [-0.2, 0) is 23.7 Å². The fraction of sp³-hybridized carbons (Fsp3) is 0.725. The lowest BCUT2D eigenvalue weighted by atomic mass is 9.99. The van der Waals surface area contributed by atoms with Crippen LogP contribution in [0.5, 0.6) is 0 Å². The Hall–Kier alpha value is -2.11. The topological polar surface area (TPSA) is 135 Å². The van der Waals surface area contributed by atoms with Crippen molar-refractivity contribution in [1.82, 2.24) is 0 Å². The molecule has 0 saturated carbocycles. The number of rotatable bonds is 30. The van der Waals surface area contributed by atoms with Crippen molar-refractivity contribution in [1.29, 1.82) is 0 Å². The van der Waals surface area contributed by atoms with E-state index in [2.05, 4.69) is 62.5 Å². The SMILES string of the molecule is CC/C=C\C/C=C\C/C=C\C/C=C\C/C=C\CC(=O)OC(COCCCCCCCCCCCCC)COC1OC(CO)C(O)C(O)C1O. The van der Waals surface area contributed by atoms with Gasteiger partial charge in [0.05, 0.1) is 26.2 Å². The van der Waals surface area contributed by atoms with Gasteiger partial charge in [-0.1, -0.05) is 139 Å². The van der Waals surface area contributed by atoms with Gasteiger partial charge < -0.3 is 39.4 Å². The Morgan fingerprint density at radius 1 is 0.653 bits per heavy atom. The van der Waals surface area contributed by atoms with Crippen molar-refractivity contribution in [3.63, 3.8) is 0 Å². The second-order valence-electron chi connectivity index (χ2n) is 12.7. The number of hydrogen-bond donors (Lipinski definition) is 4. The average molecular weight is 693 g/mol. The summed E-state index contributed by atoms with van der Waals surface area (Å²) in [5, 5.41) is 39.9. The Balaban J connectivity index is 2.42. The Labute approximate surface area is 296 Å². The third-order valence-corrected chi connectivity index (χ3v) is 8.23. The first kappa shape index (κ1) is 44.9. The highest BCUT2D eigenvalue weighted by atomic mass is 16.7. The largest absolute Gasteiger partial charge is 0.457 e. The van der Waals surface area contributed by atoms with Gasteiger partial charge in [-0.2, -0.15) is 0 Å². The van der Waals surface area contributed by atoms with Gasteiger partial charge in [-0.25, -0.2) is 0 Å². The molecule has 0 bridgehead atoms. The number of ether oxygens (including phenoxy) is 4. The number of hydrogen-bond acceptors (Lipinski definition) is 9. The summed E-state index contributed by atoms with van der Waals surface area (Å²) in [6, 6.07) is 0.